The molecule has 2 aromatic rings. The van der Waals surface area contributed by atoms with Crippen molar-refractivity contribution in [3.05, 3.63) is 76.9 Å². The number of hydrogen-bond acceptors (Lipinski definition) is 5. The fourth-order valence-corrected chi connectivity index (χ4v) is 6.64. The van der Waals surface area contributed by atoms with Gasteiger partial charge >= 0.3 is 7.12 Å². The summed E-state index contributed by atoms with van der Waals surface area (Å²) in [5.74, 6) is 0.245. The maximum atomic E-state index is 12.5. The van der Waals surface area contributed by atoms with Gasteiger partial charge < -0.3 is 14.8 Å². The number of fused-ring (bicyclic) bond motifs is 1. The van der Waals surface area contributed by atoms with E-state index in [-0.39, 0.29) is 17.8 Å². The summed E-state index contributed by atoms with van der Waals surface area (Å²) in [6.45, 7) is 1.84. The fraction of sp³-hybridized carbons (Fsp3) is 0.304. The Kier molecular flexibility index (Phi) is 5.87. The molecule has 0 amide bonds. The van der Waals surface area contributed by atoms with Gasteiger partial charge in [0.1, 0.15) is 5.75 Å². The molecule has 2 atom stereocenters. The zero-order valence-corrected chi connectivity index (χ0v) is 17.7. The highest BCUT2D eigenvalue weighted by Crippen LogP contribution is 2.40. The maximum Gasteiger partial charge on any atom is 0.456 e. The lowest BCUT2D eigenvalue weighted by Gasteiger charge is -2.32. The van der Waals surface area contributed by atoms with E-state index >= 15 is 0 Å². The molecule has 5 nitrogen and oxygen atoms in total. The topological polar surface area (TPSA) is 83.8 Å². The van der Waals surface area contributed by atoms with E-state index in [1.807, 2.05) is 55.5 Å². The van der Waals surface area contributed by atoms with Crippen molar-refractivity contribution in [2.75, 3.05) is 5.75 Å². The number of hydrogen-bond donors (Lipinski definition) is 2. The fourth-order valence-electron chi connectivity index (χ4n) is 4.47. The minimum Gasteiger partial charge on any atom is -0.507 e. The van der Waals surface area contributed by atoms with Gasteiger partial charge in [-0.15, -0.1) is 0 Å². The van der Waals surface area contributed by atoms with Gasteiger partial charge in [-0.1, -0.05) is 54.1 Å². The molecule has 2 N–H and O–H groups in total. The van der Waals surface area contributed by atoms with Gasteiger partial charge in [-0.3, -0.25) is 0 Å². The Bertz CT molecular complexity index is 1090. The van der Waals surface area contributed by atoms with Crippen LogP contribution >= 0.6 is 0 Å². The van der Waals surface area contributed by atoms with E-state index in [0.29, 0.717) is 12.8 Å². The van der Waals surface area contributed by atoms with Crippen molar-refractivity contribution >= 4 is 28.6 Å². The number of benzene rings is 2. The molecular formula is C23H25BO5S. The first-order valence-corrected chi connectivity index (χ1v) is 11.9. The third-order valence-corrected chi connectivity index (χ3v) is 8.01. The van der Waals surface area contributed by atoms with Crippen LogP contribution in [0.3, 0.4) is 0 Å². The Morgan fingerprint density at radius 3 is 2.60 bits per heavy atom. The molecule has 0 radical (unpaired) electrons. The van der Waals surface area contributed by atoms with E-state index in [9.17, 15) is 18.5 Å². The lowest BCUT2D eigenvalue weighted by Crippen LogP contribution is -2.41. The zero-order chi connectivity index (χ0) is 21.3. The number of rotatable bonds is 5. The molecule has 0 aromatic heterocycles. The average Bonchev–Trinajstić information content (AvgIpc) is 2.95. The Morgan fingerprint density at radius 1 is 1.17 bits per heavy atom. The van der Waals surface area contributed by atoms with Crippen molar-refractivity contribution in [3.8, 4) is 5.75 Å². The standard InChI is InChI=1S/C23H25BO5S/c1-16-15-30(27,28)22-14-24(26)29-21(23(16)22)12-11-18(17-7-3-2-4-8-17)13-19-9-5-6-10-20(19)25/h2-10,13,21-22,25-26H,11-12,14-15H2,1H3/b18-13-/t21-,22+/m1/s1. The van der Waals surface area contributed by atoms with Crippen LogP contribution in [0, 0.1) is 0 Å². The maximum absolute atomic E-state index is 12.5. The monoisotopic (exact) mass is 424 g/mol. The summed E-state index contributed by atoms with van der Waals surface area (Å²) in [6.07, 6.45) is 2.77. The second-order valence-corrected chi connectivity index (χ2v) is 10.2. The molecule has 0 spiro atoms. The highest BCUT2D eigenvalue weighted by Gasteiger charge is 2.47. The highest BCUT2D eigenvalue weighted by atomic mass is 32.2. The first kappa shape index (κ1) is 20.9. The Balaban J connectivity index is 1.63. The number of aromatic hydroxyl groups is 1. The van der Waals surface area contributed by atoms with Crippen LogP contribution in [0.5, 0.6) is 5.75 Å². The Hall–Kier alpha value is -2.35. The third kappa shape index (κ3) is 4.24. The second kappa shape index (κ2) is 8.42. The molecule has 2 aliphatic heterocycles. The molecule has 0 aliphatic carbocycles. The predicted octanol–water partition coefficient (Wildman–Crippen LogP) is 3.71. The van der Waals surface area contributed by atoms with E-state index in [2.05, 4.69) is 0 Å². The van der Waals surface area contributed by atoms with E-state index in [1.165, 1.54) is 0 Å². The Morgan fingerprint density at radius 2 is 1.87 bits per heavy atom. The van der Waals surface area contributed by atoms with Crippen LogP contribution in [0.2, 0.25) is 6.32 Å². The van der Waals surface area contributed by atoms with Gasteiger partial charge in [-0.05, 0) is 48.6 Å². The van der Waals surface area contributed by atoms with Gasteiger partial charge in [0.25, 0.3) is 0 Å². The van der Waals surface area contributed by atoms with Gasteiger partial charge in [0.2, 0.25) is 0 Å². The molecular weight excluding hydrogens is 399 g/mol. The van der Waals surface area contributed by atoms with Crippen LogP contribution in [-0.4, -0.2) is 42.8 Å². The number of sulfone groups is 1. The van der Waals surface area contributed by atoms with Crippen LogP contribution in [0.25, 0.3) is 11.6 Å². The van der Waals surface area contributed by atoms with Crippen molar-refractivity contribution in [2.24, 2.45) is 0 Å². The molecule has 2 aliphatic rings. The summed E-state index contributed by atoms with van der Waals surface area (Å²) in [5, 5.41) is 19.7. The summed E-state index contributed by atoms with van der Waals surface area (Å²) in [6, 6.07) is 17.0. The first-order chi connectivity index (χ1) is 14.3. The lowest BCUT2D eigenvalue weighted by atomic mass is 9.74. The normalized spacial score (nSPS) is 23.5. The summed E-state index contributed by atoms with van der Waals surface area (Å²) in [4.78, 5) is 0. The van der Waals surface area contributed by atoms with Gasteiger partial charge in [-0.2, -0.15) is 0 Å². The van der Waals surface area contributed by atoms with Crippen molar-refractivity contribution in [3.63, 3.8) is 0 Å². The number of allylic oxidation sites excluding steroid dienone is 1. The molecule has 4 rings (SSSR count). The molecule has 30 heavy (non-hydrogen) atoms. The number of phenolic OH excluding ortho intramolecular Hbond substituents is 1. The van der Waals surface area contributed by atoms with Crippen molar-refractivity contribution in [1.82, 2.24) is 0 Å². The third-order valence-electron chi connectivity index (χ3n) is 5.86. The smallest absolute Gasteiger partial charge is 0.456 e. The minimum absolute atomic E-state index is 0.0405. The predicted molar refractivity (Wildman–Crippen MR) is 120 cm³/mol. The molecule has 1 saturated heterocycles. The van der Waals surface area contributed by atoms with Crippen LogP contribution in [0.1, 0.15) is 30.9 Å². The highest BCUT2D eigenvalue weighted by molar-refractivity contribution is 7.92. The minimum atomic E-state index is -3.27. The number of phenols is 1. The van der Waals surface area contributed by atoms with E-state index in [0.717, 1.165) is 27.8 Å². The van der Waals surface area contributed by atoms with E-state index in [4.69, 9.17) is 4.65 Å². The van der Waals surface area contributed by atoms with Crippen LogP contribution in [0.4, 0.5) is 0 Å². The molecule has 156 valence electrons. The van der Waals surface area contributed by atoms with Gasteiger partial charge in [0, 0.05) is 11.9 Å². The zero-order valence-electron chi connectivity index (χ0n) is 16.9. The van der Waals surface area contributed by atoms with Crippen molar-refractivity contribution in [2.45, 2.75) is 37.4 Å². The first-order valence-electron chi connectivity index (χ1n) is 10.1. The van der Waals surface area contributed by atoms with Crippen LogP contribution in [0.15, 0.2) is 65.7 Å². The Labute approximate surface area is 177 Å². The molecule has 7 heteroatoms. The molecule has 0 unspecified atom stereocenters. The molecule has 0 bridgehead atoms. The average molecular weight is 424 g/mol. The molecule has 0 saturated carbocycles. The van der Waals surface area contributed by atoms with E-state index < -0.39 is 28.3 Å². The van der Waals surface area contributed by atoms with Gasteiger partial charge in [0.05, 0.1) is 17.1 Å². The summed E-state index contributed by atoms with van der Waals surface area (Å²) >= 11 is 0. The SMILES string of the molecule is CC1=C2[C@@H](CC/C(=C/c3ccccc3O)c3ccccc3)OB(O)C[C@@H]2S(=O)(=O)C1. The largest absolute Gasteiger partial charge is 0.507 e. The molecule has 2 aromatic carbocycles. The van der Waals surface area contributed by atoms with Crippen LogP contribution < -0.4 is 0 Å². The van der Waals surface area contributed by atoms with Crippen molar-refractivity contribution < 1.29 is 23.2 Å². The second-order valence-electron chi connectivity index (χ2n) is 7.98. The lowest BCUT2D eigenvalue weighted by molar-refractivity contribution is 0.171. The van der Waals surface area contributed by atoms with Gasteiger partial charge in [0.15, 0.2) is 9.84 Å². The molecule has 2 heterocycles. The van der Waals surface area contributed by atoms with Crippen LogP contribution in [-0.2, 0) is 14.5 Å². The summed E-state index contributed by atoms with van der Waals surface area (Å²) in [5.41, 5.74) is 4.41. The quantitative estimate of drug-likeness (QED) is 0.435. The van der Waals surface area contributed by atoms with Gasteiger partial charge in [-0.25, -0.2) is 8.42 Å². The molecule has 1 fully saturated rings. The number of para-hydroxylation sites is 1. The van der Waals surface area contributed by atoms with Crippen molar-refractivity contribution in [1.29, 1.82) is 0 Å². The summed E-state index contributed by atoms with van der Waals surface area (Å²) in [7, 11) is -4.35. The van der Waals surface area contributed by atoms with E-state index in [1.54, 1.807) is 12.1 Å². The summed E-state index contributed by atoms with van der Waals surface area (Å²) < 4.78 is 30.8.